The highest BCUT2D eigenvalue weighted by Gasteiger charge is 2.33. The van der Waals surface area contributed by atoms with E-state index < -0.39 is 0 Å². The quantitative estimate of drug-likeness (QED) is 0.820. The molecule has 0 radical (unpaired) electrons. The first kappa shape index (κ1) is 12.2. The number of rotatable bonds is 3. The van der Waals surface area contributed by atoms with Crippen molar-refractivity contribution in [1.82, 2.24) is 10.1 Å². The van der Waals surface area contributed by atoms with Gasteiger partial charge in [0, 0.05) is 18.2 Å². The van der Waals surface area contributed by atoms with Gasteiger partial charge in [-0.05, 0) is 52.0 Å². The van der Waals surface area contributed by atoms with E-state index in [4.69, 9.17) is 4.52 Å². The van der Waals surface area contributed by atoms with Gasteiger partial charge in [-0.15, -0.1) is 0 Å². The molecule has 3 rings (SSSR count). The zero-order valence-corrected chi connectivity index (χ0v) is 11.6. The van der Waals surface area contributed by atoms with Crippen molar-refractivity contribution in [2.45, 2.75) is 65.0 Å². The van der Waals surface area contributed by atoms with Crippen LogP contribution in [0.4, 0.5) is 0 Å². The van der Waals surface area contributed by atoms with E-state index in [1.807, 2.05) is 6.92 Å². The molecular weight excluding hydrogens is 224 g/mol. The third kappa shape index (κ3) is 2.20. The molecule has 0 N–H and O–H groups in total. The fraction of sp³-hybridized carbons (Fsp3) is 0.800. The largest absolute Gasteiger partial charge is 0.361 e. The number of hydrogen-bond acceptors (Lipinski definition) is 3. The molecule has 1 unspecified atom stereocenters. The van der Waals surface area contributed by atoms with Crippen molar-refractivity contribution >= 4 is 0 Å². The van der Waals surface area contributed by atoms with Crippen molar-refractivity contribution in [3.8, 4) is 0 Å². The summed E-state index contributed by atoms with van der Waals surface area (Å²) in [6.45, 7) is 6.40. The third-order valence-corrected chi connectivity index (χ3v) is 4.90. The molecule has 18 heavy (non-hydrogen) atoms. The third-order valence-electron chi connectivity index (χ3n) is 4.90. The number of nitrogens with zero attached hydrogens (tertiary/aromatic N) is 2. The second-order valence-electron chi connectivity index (χ2n) is 6.03. The minimum atomic E-state index is 0.821. The molecule has 3 heteroatoms. The van der Waals surface area contributed by atoms with Gasteiger partial charge in [0.2, 0.25) is 0 Å². The Morgan fingerprint density at radius 3 is 2.61 bits per heavy atom. The summed E-state index contributed by atoms with van der Waals surface area (Å²) >= 11 is 0. The van der Waals surface area contributed by atoms with Crippen LogP contribution in [-0.2, 0) is 6.54 Å². The molecule has 1 aromatic heterocycles. The lowest BCUT2D eigenvalue weighted by atomic mass is 9.95. The van der Waals surface area contributed by atoms with Crippen LogP contribution in [0.2, 0.25) is 0 Å². The highest BCUT2D eigenvalue weighted by molar-refractivity contribution is 5.20. The van der Waals surface area contributed by atoms with Gasteiger partial charge < -0.3 is 4.52 Å². The molecule has 1 saturated carbocycles. The summed E-state index contributed by atoms with van der Waals surface area (Å²) in [6.07, 6.45) is 8.55. The van der Waals surface area contributed by atoms with Crippen LogP contribution < -0.4 is 0 Å². The molecule has 0 aromatic carbocycles. The first-order valence-electron chi connectivity index (χ1n) is 7.41. The topological polar surface area (TPSA) is 29.3 Å². The van der Waals surface area contributed by atoms with E-state index in [1.54, 1.807) is 0 Å². The molecule has 100 valence electrons. The summed E-state index contributed by atoms with van der Waals surface area (Å²) in [5.74, 6) is 1.96. The van der Waals surface area contributed by atoms with Crippen LogP contribution in [0.1, 0.15) is 55.5 Å². The standard InChI is InChI=1S/C15H24N2O/c1-11-14(12(2)18-16-11)10-17-9-5-8-15(17)13-6-3-4-7-13/h13,15H,3-10H2,1-2H3. The predicted octanol–water partition coefficient (Wildman–Crippen LogP) is 3.45. The monoisotopic (exact) mass is 248 g/mol. The maximum absolute atomic E-state index is 5.29. The lowest BCUT2D eigenvalue weighted by molar-refractivity contribution is 0.182. The molecule has 3 nitrogen and oxygen atoms in total. The summed E-state index contributed by atoms with van der Waals surface area (Å²) in [4.78, 5) is 2.68. The van der Waals surface area contributed by atoms with Gasteiger partial charge in [-0.1, -0.05) is 18.0 Å². The zero-order valence-electron chi connectivity index (χ0n) is 11.6. The van der Waals surface area contributed by atoms with E-state index in [0.29, 0.717) is 0 Å². The maximum Gasteiger partial charge on any atom is 0.138 e. The molecule has 0 spiro atoms. The van der Waals surface area contributed by atoms with Crippen LogP contribution in [0.3, 0.4) is 0 Å². The molecule has 2 heterocycles. The first-order valence-corrected chi connectivity index (χ1v) is 7.41. The molecule has 2 fully saturated rings. The molecule has 0 bridgehead atoms. The summed E-state index contributed by atoms with van der Waals surface area (Å²) in [5, 5.41) is 4.08. The van der Waals surface area contributed by atoms with Crippen LogP contribution >= 0.6 is 0 Å². The molecule has 1 saturated heterocycles. The Morgan fingerprint density at radius 1 is 1.17 bits per heavy atom. The zero-order chi connectivity index (χ0) is 12.5. The normalized spacial score (nSPS) is 26.2. The number of aryl methyl sites for hydroxylation is 2. The number of hydrogen-bond donors (Lipinski definition) is 0. The average molecular weight is 248 g/mol. The smallest absolute Gasteiger partial charge is 0.138 e. The van der Waals surface area contributed by atoms with Crippen LogP contribution in [-0.4, -0.2) is 22.6 Å². The minimum absolute atomic E-state index is 0.821. The molecule has 1 aliphatic carbocycles. The van der Waals surface area contributed by atoms with Crippen molar-refractivity contribution in [1.29, 1.82) is 0 Å². The van der Waals surface area contributed by atoms with E-state index in [-0.39, 0.29) is 0 Å². The maximum atomic E-state index is 5.29. The fourth-order valence-corrected chi connectivity index (χ4v) is 3.85. The number of aromatic nitrogens is 1. The van der Waals surface area contributed by atoms with Gasteiger partial charge >= 0.3 is 0 Å². The van der Waals surface area contributed by atoms with Gasteiger partial charge in [0.1, 0.15) is 5.76 Å². The molecular formula is C15H24N2O. The van der Waals surface area contributed by atoms with Crippen LogP contribution in [0.25, 0.3) is 0 Å². The van der Waals surface area contributed by atoms with Gasteiger partial charge in [0.15, 0.2) is 0 Å². The highest BCUT2D eigenvalue weighted by atomic mass is 16.5. The van der Waals surface area contributed by atoms with Gasteiger partial charge in [-0.2, -0.15) is 0 Å². The summed E-state index contributed by atoms with van der Waals surface area (Å²) in [5.41, 5.74) is 2.39. The second kappa shape index (κ2) is 5.04. The Balaban J connectivity index is 1.71. The van der Waals surface area contributed by atoms with Crippen molar-refractivity contribution in [3.05, 3.63) is 17.0 Å². The van der Waals surface area contributed by atoms with Gasteiger partial charge in [0.05, 0.1) is 5.69 Å². The first-order chi connectivity index (χ1) is 8.75. The Bertz CT molecular complexity index is 387. The molecule has 2 aliphatic rings. The highest BCUT2D eigenvalue weighted by Crippen LogP contribution is 2.36. The Kier molecular flexibility index (Phi) is 3.42. The summed E-state index contributed by atoms with van der Waals surface area (Å²) < 4.78 is 5.29. The van der Waals surface area contributed by atoms with E-state index >= 15 is 0 Å². The van der Waals surface area contributed by atoms with Crippen molar-refractivity contribution in [3.63, 3.8) is 0 Å². The summed E-state index contributed by atoms with van der Waals surface area (Å²) in [6, 6.07) is 0.821. The average Bonchev–Trinajstić information content (AvgIpc) is 3.06. The Labute approximate surface area is 110 Å². The van der Waals surface area contributed by atoms with E-state index in [9.17, 15) is 0 Å². The van der Waals surface area contributed by atoms with Crippen molar-refractivity contribution in [2.24, 2.45) is 5.92 Å². The fourth-order valence-electron chi connectivity index (χ4n) is 3.85. The van der Waals surface area contributed by atoms with Crippen LogP contribution in [0, 0.1) is 19.8 Å². The lowest BCUT2D eigenvalue weighted by Crippen LogP contribution is -2.34. The molecule has 1 aliphatic heterocycles. The van der Waals surface area contributed by atoms with E-state index in [0.717, 1.165) is 30.0 Å². The Morgan fingerprint density at radius 2 is 1.94 bits per heavy atom. The number of likely N-dealkylation sites (tertiary alicyclic amines) is 1. The van der Waals surface area contributed by atoms with E-state index in [2.05, 4.69) is 17.0 Å². The van der Waals surface area contributed by atoms with Crippen molar-refractivity contribution in [2.75, 3.05) is 6.54 Å². The van der Waals surface area contributed by atoms with Crippen molar-refractivity contribution < 1.29 is 4.52 Å². The lowest BCUT2D eigenvalue weighted by Gasteiger charge is -2.29. The molecule has 1 atom stereocenters. The van der Waals surface area contributed by atoms with Gasteiger partial charge in [-0.25, -0.2) is 0 Å². The minimum Gasteiger partial charge on any atom is -0.361 e. The van der Waals surface area contributed by atoms with Crippen LogP contribution in [0.15, 0.2) is 4.52 Å². The van der Waals surface area contributed by atoms with Crippen LogP contribution in [0.5, 0.6) is 0 Å². The molecule has 1 aromatic rings. The SMILES string of the molecule is Cc1noc(C)c1CN1CCCC1C1CCCC1. The van der Waals surface area contributed by atoms with Gasteiger partial charge in [-0.3, -0.25) is 4.90 Å². The van der Waals surface area contributed by atoms with Gasteiger partial charge in [0.25, 0.3) is 0 Å². The molecule has 0 amide bonds. The second-order valence-corrected chi connectivity index (χ2v) is 6.03. The summed E-state index contributed by atoms with van der Waals surface area (Å²) in [7, 11) is 0. The van der Waals surface area contributed by atoms with E-state index in [1.165, 1.54) is 50.6 Å². The predicted molar refractivity (Wildman–Crippen MR) is 71.4 cm³/mol. The Hall–Kier alpha value is -0.830.